The van der Waals surface area contributed by atoms with E-state index in [2.05, 4.69) is 39.1 Å². The van der Waals surface area contributed by atoms with E-state index < -0.39 is 0 Å². The van der Waals surface area contributed by atoms with Crippen LogP contribution in [-0.4, -0.2) is 4.98 Å². The molecule has 0 saturated heterocycles. The van der Waals surface area contributed by atoms with E-state index in [4.69, 9.17) is 0 Å². The zero-order chi connectivity index (χ0) is 11.2. The highest BCUT2D eigenvalue weighted by Gasteiger charge is 2.40. The van der Waals surface area contributed by atoms with E-state index >= 15 is 0 Å². The second kappa shape index (κ2) is 3.36. The third-order valence-electron chi connectivity index (χ3n) is 3.58. The second-order valence-electron chi connectivity index (χ2n) is 4.44. The molecule has 1 N–H and O–H groups in total. The molecule has 0 atom stereocenters. The molecule has 16 heavy (non-hydrogen) atoms. The third kappa shape index (κ3) is 1.23. The van der Waals surface area contributed by atoms with Crippen LogP contribution < -0.4 is 0 Å². The summed E-state index contributed by atoms with van der Waals surface area (Å²) in [5, 5.41) is 10.5. The van der Waals surface area contributed by atoms with Gasteiger partial charge in [-0.2, -0.15) is 5.26 Å². The summed E-state index contributed by atoms with van der Waals surface area (Å²) in [7, 11) is 0. The first-order valence-corrected chi connectivity index (χ1v) is 6.23. The number of aromatic nitrogens is 1. The first-order valence-electron chi connectivity index (χ1n) is 5.44. The summed E-state index contributed by atoms with van der Waals surface area (Å²) in [4.78, 5) is 3.26. The van der Waals surface area contributed by atoms with E-state index in [-0.39, 0.29) is 5.41 Å². The molecule has 1 aliphatic carbocycles. The van der Waals surface area contributed by atoms with Crippen LogP contribution in [0.1, 0.15) is 24.8 Å². The van der Waals surface area contributed by atoms with Crippen LogP contribution in [0.3, 0.4) is 0 Å². The van der Waals surface area contributed by atoms with Crippen molar-refractivity contribution in [1.29, 1.82) is 5.26 Å². The van der Waals surface area contributed by atoms with Gasteiger partial charge in [-0.15, -0.1) is 0 Å². The van der Waals surface area contributed by atoms with Gasteiger partial charge in [0.1, 0.15) is 0 Å². The minimum Gasteiger partial charge on any atom is -0.361 e. The molecule has 2 nitrogen and oxygen atoms in total. The zero-order valence-electron chi connectivity index (χ0n) is 8.76. The second-order valence-corrected chi connectivity index (χ2v) is 5.36. The predicted molar refractivity (Wildman–Crippen MR) is 67.1 cm³/mol. The molecule has 80 valence electrons. The molecule has 1 aliphatic rings. The zero-order valence-corrected chi connectivity index (χ0v) is 10.3. The van der Waals surface area contributed by atoms with Crippen LogP contribution >= 0.6 is 15.9 Å². The molecule has 2 aromatic rings. The average Bonchev–Trinajstić information content (AvgIpc) is 2.61. The van der Waals surface area contributed by atoms with E-state index in [1.54, 1.807) is 0 Å². The minimum absolute atomic E-state index is 0.230. The van der Waals surface area contributed by atoms with Gasteiger partial charge in [0.05, 0.1) is 11.5 Å². The van der Waals surface area contributed by atoms with Gasteiger partial charge in [0, 0.05) is 21.6 Å². The summed E-state index contributed by atoms with van der Waals surface area (Å²) in [5.41, 5.74) is 2.04. The Bertz CT molecular complexity index is 587. The first kappa shape index (κ1) is 9.92. The number of benzene rings is 1. The van der Waals surface area contributed by atoms with E-state index in [1.807, 2.05) is 12.3 Å². The Labute approximate surface area is 102 Å². The van der Waals surface area contributed by atoms with E-state index in [9.17, 15) is 5.26 Å². The fourth-order valence-corrected chi connectivity index (χ4v) is 2.83. The van der Waals surface area contributed by atoms with Gasteiger partial charge >= 0.3 is 0 Å². The maximum atomic E-state index is 9.35. The van der Waals surface area contributed by atoms with Gasteiger partial charge < -0.3 is 4.98 Å². The van der Waals surface area contributed by atoms with Crippen molar-refractivity contribution in [2.75, 3.05) is 0 Å². The van der Waals surface area contributed by atoms with Crippen molar-refractivity contribution in [2.45, 2.75) is 24.7 Å². The number of nitrogens with zero attached hydrogens (tertiary/aromatic N) is 1. The van der Waals surface area contributed by atoms with Gasteiger partial charge in [0.15, 0.2) is 0 Å². The van der Waals surface area contributed by atoms with Crippen molar-refractivity contribution < 1.29 is 0 Å². The molecule has 3 heteroatoms. The highest BCUT2D eigenvalue weighted by molar-refractivity contribution is 9.10. The fourth-order valence-electron chi connectivity index (χ4n) is 2.47. The minimum atomic E-state index is -0.230. The van der Waals surface area contributed by atoms with Crippen molar-refractivity contribution in [1.82, 2.24) is 4.98 Å². The molecule has 0 spiro atoms. The van der Waals surface area contributed by atoms with Crippen molar-refractivity contribution in [3.8, 4) is 6.07 Å². The predicted octanol–water partition coefficient (Wildman–Crippen LogP) is 3.88. The quantitative estimate of drug-likeness (QED) is 0.842. The largest absolute Gasteiger partial charge is 0.361 e. The van der Waals surface area contributed by atoms with Gasteiger partial charge in [0.25, 0.3) is 0 Å². The lowest BCUT2D eigenvalue weighted by Crippen LogP contribution is -2.31. The molecule has 1 heterocycles. The van der Waals surface area contributed by atoms with Crippen LogP contribution in [0.2, 0.25) is 0 Å². The van der Waals surface area contributed by atoms with Gasteiger partial charge in [0.2, 0.25) is 0 Å². The van der Waals surface area contributed by atoms with Crippen molar-refractivity contribution >= 4 is 26.8 Å². The molecule has 1 aromatic carbocycles. The molecular weight excluding hydrogens is 264 g/mol. The molecule has 1 saturated carbocycles. The summed E-state index contributed by atoms with van der Waals surface area (Å²) in [5.74, 6) is 0. The summed E-state index contributed by atoms with van der Waals surface area (Å²) in [6.45, 7) is 0. The normalized spacial score (nSPS) is 18.0. The van der Waals surface area contributed by atoms with Crippen molar-refractivity contribution in [3.05, 3.63) is 34.4 Å². The Balaban J connectivity index is 2.22. The number of rotatable bonds is 1. The standard InChI is InChI=1S/C13H11BrN2/c14-9-2-3-10-11(7-16-12(10)6-9)13(8-15)4-1-5-13/h2-3,6-7,16H,1,4-5H2. The molecule has 0 bridgehead atoms. The van der Waals surface area contributed by atoms with Crippen LogP contribution in [-0.2, 0) is 5.41 Å². The van der Waals surface area contributed by atoms with Gasteiger partial charge in [-0.1, -0.05) is 22.0 Å². The molecule has 1 fully saturated rings. The third-order valence-corrected chi connectivity index (χ3v) is 4.07. The highest BCUT2D eigenvalue weighted by atomic mass is 79.9. The van der Waals surface area contributed by atoms with Gasteiger partial charge in [-0.3, -0.25) is 0 Å². The molecule has 3 rings (SSSR count). The van der Waals surface area contributed by atoms with Crippen LogP contribution in [0.4, 0.5) is 0 Å². The Morgan fingerprint density at radius 3 is 2.81 bits per heavy atom. The van der Waals surface area contributed by atoms with Crippen LogP contribution in [0.5, 0.6) is 0 Å². The Kier molecular flexibility index (Phi) is 2.08. The summed E-state index contributed by atoms with van der Waals surface area (Å²) in [6, 6.07) is 8.67. The Morgan fingerprint density at radius 1 is 1.38 bits per heavy atom. The number of aromatic amines is 1. The smallest absolute Gasteiger partial charge is 0.0842 e. The van der Waals surface area contributed by atoms with Crippen molar-refractivity contribution in [3.63, 3.8) is 0 Å². The van der Waals surface area contributed by atoms with E-state index in [0.717, 1.165) is 29.3 Å². The molecule has 0 radical (unpaired) electrons. The average molecular weight is 275 g/mol. The maximum absolute atomic E-state index is 9.35. The lowest BCUT2D eigenvalue weighted by atomic mass is 9.65. The molecule has 0 aliphatic heterocycles. The van der Waals surface area contributed by atoms with E-state index in [0.29, 0.717) is 0 Å². The fraction of sp³-hybridized carbons (Fsp3) is 0.308. The number of nitrogens with one attached hydrogen (secondary N) is 1. The van der Waals surface area contributed by atoms with Crippen LogP contribution in [0.15, 0.2) is 28.9 Å². The number of H-pyrrole nitrogens is 1. The summed E-state index contributed by atoms with van der Waals surface area (Å²) < 4.78 is 1.06. The van der Waals surface area contributed by atoms with Gasteiger partial charge in [-0.05, 0) is 37.0 Å². The lowest BCUT2D eigenvalue weighted by molar-refractivity contribution is 0.326. The first-order chi connectivity index (χ1) is 7.75. The summed E-state index contributed by atoms with van der Waals surface area (Å²) in [6.07, 6.45) is 5.15. The molecular formula is C13H11BrN2. The molecule has 0 unspecified atom stereocenters. The van der Waals surface area contributed by atoms with Gasteiger partial charge in [-0.25, -0.2) is 0 Å². The van der Waals surface area contributed by atoms with E-state index in [1.165, 1.54) is 10.9 Å². The number of hydrogen-bond donors (Lipinski definition) is 1. The number of fused-ring (bicyclic) bond motifs is 1. The van der Waals surface area contributed by atoms with Crippen LogP contribution in [0, 0.1) is 11.3 Å². The molecule has 0 amide bonds. The molecule has 1 aromatic heterocycles. The number of hydrogen-bond acceptors (Lipinski definition) is 1. The topological polar surface area (TPSA) is 39.6 Å². The lowest BCUT2D eigenvalue weighted by Gasteiger charge is -2.35. The number of halogens is 1. The highest BCUT2D eigenvalue weighted by Crippen LogP contribution is 2.45. The Morgan fingerprint density at radius 2 is 2.19 bits per heavy atom. The van der Waals surface area contributed by atoms with Crippen molar-refractivity contribution in [2.24, 2.45) is 0 Å². The monoisotopic (exact) mass is 274 g/mol. The maximum Gasteiger partial charge on any atom is 0.0842 e. The SMILES string of the molecule is N#CC1(c2c[nH]c3cc(Br)ccc23)CCC1. The number of nitriles is 1. The Hall–Kier alpha value is -1.27. The summed E-state index contributed by atoms with van der Waals surface area (Å²) >= 11 is 3.46. The van der Waals surface area contributed by atoms with Crippen LogP contribution in [0.25, 0.3) is 10.9 Å².